The van der Waals surface area contributed by atoms with Gasteiger partial charge in [0.1, 0.15) is 0 Å². The summed E-state index contributed by atoms with van der Waals surface area (Å²) in [4.78, 5) is 14.2. The van der Waals surface area contributed by atoms with Crippen LogP contribution in [0, 0.1) is 0 Å². The molecule has 1 amide bonds. The Labute approximate surface area is 119 Å². The lowest BCUT2D eigenvalue weighted by molar-refractivity contribution is -0.131. The Morgan fingerprint density at radius 2 is 2.26 bits per heavy atom. The number of nitrogens with two attached hydrogens (primary N) is 1. The summed E-state index contributed by atoms with van der Waals surface area (Å²) in [6.07, 6.45) is 1.35. The number of nitrogens with zero attached hydrogens (tertiary/aromatic N) is 1. The van der Waals surface area contributed by atoms with Crippen LogP contribution in [0.1, 0.15) is 25.8 Å². The minimum Gasteiger partial charge on any atom is -0.399 e. The van der Waals surface area contributed by atoms with Crippen molar-refractivity contribution in [3.8, 4) is 0 Å². The molecule has 0 spiro atoms. The Bertz CT molecular complexity index is 459. The van der Waals surface area contributed by atoms with Crippen LogP contribution in [0.4, 0.5) is 5.69 Å². The summed E-state index contributed by atoms with van der Waals surface area (Å²) in [6.45, 7) is 6.14. The molecule has 0 saturated carbocycles. The molecule has 1 aliphatic heterocycles. The van der Waals surface area contributed by atoms with Gasteiger partial charge in [-0.3, -0.25) is 4.79 Å². The number of nitrogen functional groups attached to an aromatic ring is 1. The van der Waals surface area contributed by atoms with Gasteiger partial charge in [-0.1, -0.05) is 12.1 Å². The molecule has 1 saturated heterocycles. The van der Waals surface area contributed by atoms with Crippen LogP contribution in [0.5, 0.6) is 0 Å². The number of carbonyl (C=O) groups is 1. The first-order chi connectivity index (χ1) is 8.96. The van der Waals surface area contributed by atoms with Crippen LogP contribution in [0.25, 0.3) is 0 Å². The van der Waals surface area contributed by atoms with E-state index >= 15 is 0 Å². The van der Waals surface area contributed by atoms with E-state index in [0.29, 0.717) is 6.42 Å². The molecule has 0 aliphatic carbocycles. The number of hydrogen-bond acceptors (Lipinski definition) is 3. The molecule has 104 valence electrons. The molecule has 0 aromatic heterocycles. The normalized spacial score (nSPS) is 18.3. The van der Waals surface area contributed by atoms with Crippen LogP contribution in [0.15, 0.2) is 24.3 Å². The van der Waals surface area contributed by atoms with Crippen molar-refractivity contribution in [2.45, 2.75) is 31.4 Å². The van der Waals surface area contributed by atoms with E-state index in [4.69, 9.17) is 5.73 Å². The molecular formula is C15H22N2OS. The fourth-order valence-corrected chi connectivity index (χ4v) is 3.50. The zero-order valence-corrected chi connectivity index (χ0v) is 12.5. The predicted octanol–water partition coefficient (Wildman–Crippen LogP) is 2.56. The number of benzene rings is 1. The highest BCUT2D eigenvalue weighted by atomic mass is 32.2. The van der Waals surface area contributed by atoms with Gasteiger partial charge in [0, 0.05) is 35.7 Å². The van der Waals surface area contributed by atoms with Crippen molar-refractivity contribution in [2.24, 2.45) is 0 Å². The average Bonchev–Trinajstić information content (AvgIpc) is 2.35. The zero-order chi connectivity index (χ0) is 13.9. The number of anilines is 1. The van der Waals surface area contributed by atoms with Crippen molar-refractivity contribution in [1.29, 1.82) is 0 Å². The fourth-order valence-electron chi connectivity index (χ4n) is 2.39. The lowest BCUT2D eigenvalue weighted by Gasteiger charge is -2.37. The summed E-state index contributed by atoms with van der Waals surface area (Å²) in [5, 5.41) is 0. The lowest BCUT2D eigenvalue weighted by Crippen LogP contribution is -2.46. The van der Waals surface area contributed by atoms with Gasteiger partial charge in [0.15, 0.2) is 0 Å². The van der Waals surface area contributed by atoms with E-state index in [1.54, 1.807) is 0 Å². The SMILES string of the molecule is CC1(C)CN(C(=O)CCc2cccc(N)c2)CCS1. The first-order valence-corrected chi connectivity index (χ1v) is 7.71. The third kappa shape index (κ3) is 4.16. The molecule has 1 aromatic rings. The monoisotopic (exact) mass is 278 g/mol. The quantitative estimate of drug-likeness (QED) is 0.864. The van der Waals surface area contributed by atoms with E-state index in [1.165, 1.54) is 0 Å². The van der Waals surface area contributed by atoms with Crippen molar-refractivity contribution < 1.29 is 4.79 Å². The van der Waals surface area contributed by atoms with E-state index in [9.17, 15) is 4.79 Å². The summed E-state index contributed by atoms with van der Waals surface area (Å²) in [6, 6.07) is 7.79. The van der Waals surface area contributed by atoms with Gasteiger partial charge in [-0.15, -0.1) is 0 Å². The number of aryl methyl sites for hydroxylation is 1. The summed E-state index contributed by atoms with van der Waals surface area (Å²) >= 11 is 1.95. The standard InChI is InChI=1S/C15H22N2OS/c1-15(2)11-17(8-9-19-15)14(18)7-6-12-4-3-5-13(16)10-12/h3-5,10H,6-9,11,16H2,1-2H3. The van der Waals surface area contributed by atoms with Crippen molar-refractivity contribution in [3.05, 3.63) is 29.8 Å². The molecule has 3 nitrogen and oxygen atoms in total. The Morgan fingerprint density at radius 1 is 1.47 bits per heavy atom. The van der Waals surface area contributed by atoms with Gasteiger partial charge in [-0.05, 0) is 38.0 Å². The maximum absolute atomic E-state index is 12.2. The van der Waals surface area contributed by atoms with Crippen molar-refractivity contribution >= 4 is 23.4 Å². The second-order valence-electron chi connectivity index (χ2n) is 5.67. The molecule has 2 rings (SSSR count). The predicted molar refractivity (Wildman–Crippen MR) is 82.3 cm³/mol. The number of hydrogen-bond donors (Lipinski definition) is 1. The van der Waals surface area contributed by atoms with Gasteiger partial charge in [0.2, 0.25) is 5.91 Å². The Kier molecular flexibility index (Phi) is 4.40. The number of thioether (sulfide) groups is 1. The van der Waals surface area contributed by atoms with Crippen LogP contribution in [-0.4, -0.2) is 34.4 Å². The first-order valence-electron chi connectivity index (χ1n) is 6.72. The molecule has 1 aromatic carbocycles. The molecule has 4 heteroatoms. The summed E-state index contributed by atoms with van der Waals surface area (Å²) in [5.41, 5.74) is 7.65. The first kappa shape index (κ1) is 14.3. The Balaban J connectivity index is 1.87. The summed E-state index contributed by atoms with van der Waals surface area (Å²) in [7, 11) is 0. The van der Waals surface area contributed by atoms with Gasteiger partial charge in [0.05, 0.1) is 0 Å². The van der Waals surface area contributed by atoms with Crippen molar-refractivity contribution in [2.75, 3.05) is 24.6 Å². The maximum atomic E-state index is 12.2. The van der Waals surface area contributed by atoms with Crippen molar-refractivity contribution in [1.82, 2.24) is 4.90 Å². The Morgan fingerprint density at radius 3 is 2.95 bits per heavy atom. The highest BCUT2D eigenvalue weighted by Crippen LogP contribution is 2.29. The molecule has 2 N–H and O–H groups in total. The van der Waals surface area contributed by atoms with Gasteiger partial charge in [-0.2, -0.15) is 11.8 Å². The van der Waals surface area contributed by atoms with E-state index < -0.39 is 0 Å². The zero-order valence-electron chi connectivity index (χ0n) is 11.7. The van der Waals surface area contributed by atoms with Gasteiger partial charge >= 0.3 is 0 Å². The molecule has 0 atom stereocenters. The lowest BCUT2D eigenvalue weighted by atomic mass is 10.1. The molecule has 19 heavy (non-hydrogen) atoms. The van der Waals surface area contributed by atoms with Crippen LogP contribution < -0.4 is 5.73 Å². The van der Waals surface area contributed by atoms with E-state index in [2.05, 4.69) is 13.8 Å². The van der Waals surface area contributed by atoms with Gasteiger partial charge < -0.3 is 10.6 Å². The molecule has 0 radical (unpaired) electrons. The van der Waals surface area contributed by atoms with Gasteiger partial charge in [0.25, 0.3) is 0 Å². The molecule has 0 unspecified atom stereocenters. The summed E-state index contributed by atoms with van der Waals surface area (Å²) < 4.78 is 0.186. The average molecular weight is 278 g/mol. The highest BCUT2D eigenvalue weighted by molar-refractivity contribution is 8.00. The highest BCUT2D eigenvalue weighted by Gasteiger charge is 2.29. The minimum atomic E-state index is 0.186. The topological polar surface area (TPSA) is 46.3 Å². The van der Waals surface area contributed by atoms with Crippen LogP contribution in [-0.2, 0) is 11.2 Å². The fraction of sp³-hybridized carbons (Fsp3) is 0.533. The van der Waals surface area contributed by atoms with E-state index in [1.807, 2.05) is 40.9 Å². The molecule has 1 fully saturated rings. The smallest absolute Gasteiger partial charge is 0.222 e. The summed E-state index contributed by atoms with van der Waals surface area (Å²) in [5.74, 6) is 1.30. The number of amides is 1. The van der Waals surface area contributed by atoms with E-state index in [-0.39, 0.29) is 10.7 Å². The van der Waals surface area contributed by atoms with Crippen LogP contribution in [0.3, 0.4) is 0 Å². The second kappa shape index (κ2) is 5.87. The maximum Gasteiger partial charge on any atom is 0.222 e. The number of carbonyl (C=O) groups excluding carboxylic acids is 1. The molecular weight excluding hydrogens is 256 g/mol. The van der Waals surface area contributed by atoms with Gasteiger partial charge in [-0.25, -0.2) is 0 Å². The van der Waals surface area contributed by atoms with E-state index in [0.717, 1.165) is 36.5 Å². The minimum absolute atomic E-state index is 0.186. The third-order valence-corrected chi connectivity index (χ3v) is 4.65. The molecule has 1 heterocycles. The Hall–Kier alpha value is -1.16. The van der Waals surface area contributed by atoms with Crippen LogP contribution >= 0.6 is 11.8 Å². The number of rotatable bonds is 3. The van der Waals surface area contributed by atoms with Crippen molar-refractivity contribution in [3.63, 3.8) is 0 Å². The molecule has 0 bridgehead atoms. The molecule has 1 aliphatic rings. The largest absolute Gasteiger partial charge is 0.399 e. The third-order valence-electron chi connectivity index (χ3n) is 3.36. The second-order valence-corrected chi connectivity index (χ2v) is 7.47. The van der Waals surface area contributed by atoms with Crippen LogP contribution in [0.2, 0.25) is 0 Å².